The minimum Gasteiger partial charge on any atom is -0.508 e. The highest BCUT2D eigenvalue weighted by atomic mass is 79.9. The van der Waals surface area contributed by atoms with Crippen molar-refractivity contribution >= 4 is 44.3 Å². The number of aromatic hydroxyl groups is 1. The van der Waals surface area contributed by atoms with Crippen LogP contribution in [0.1, 0.15) is 25.5 Å². The zero-order chi connectivity index (χ0) is 12.5. The van der Waals surface area contributed by atoms with Gasteiger partial charge in [0.05, 0.1) is 0 Å². The molecule has 4 N–H and O–H groups in total. The predicted molar refractivity (Wildman–Crippen MR) is 78.6 cm³/mol. The van der Waals surface area contributed by atoms with E-state index in [0.29, 0.717) is 5.56 Å². The second-order valence-electron chi connectivity index (χ2n) is 4.44. The lowest BCUT2D eigenvalue weighted by molar-refractivity contribution is 0.131. The molecule has 0 radical (unpaired) electrons. The first-order valence-electron chi connectivity index (χ1n) is 4.84. The van der Waals surface area contributed by atoms with Crippen molar-refractivity contribution in [1.29, 1.82) is 0 Å². The first-order chi connectivity index (χ1) is 7.29. The number of hydrogen-bond donors (Lipinski definition) is 3. The first-order valence-corrected chi connectivity index (χ1v) is 6.42. The summed E-state index contributed by atoms with van der Waals surface area (Å²) in [5.74, 6) is 0.121. The Kier molecular flexibility index (Phi) is 6.46. The molecule has 0 amide bonds. The molecule has 0 aliphatic heterocycles. The van der Waals surface area contributed by atoms with Crippen LogP contribution in [0.25, 0.3) is 0 Å². The van der Waals surface area contributed by atoms with Crippen molar-refractivity contribution < 1.29 is 10.2 Å². The van der Waals surface area contributed by atoms with E-state index in [4.69, 9.17) is 5.73 Å². The van der Waals surface area contributed by atoms with Crippen LogP contribution in [0.4, 0.5) is 0 Å². The summed E-state index contributed by atoms with van der Waals surface area (Å²) in [5, 5.41) is 19.2. The van der Waals surface area contributed by atoms with Gasteiger partial charge in [0.2, 0.25) is 0 Å². The fraction of sp³-hybridized carbons (Fsp3) is 0.455. The van der Waals surface area contributed by atoms with Crippen molar-refractivity contribution in [3.63, 3.8) is 0 Å². The molecule has 0 aromatic heterocycles. The van der Waals surface area contributed by atoms with Gasteiger partial charge in [-0.1, -0.05) is 45.7 Å². The molecule has 0 spiro atoms. The van der Waals surface area contributed by atoms with E-state index in [1.165, 1.54) is 0 Å². The van der Waals surface area contributed by atoms with Crippen LogP contribution < -0.4 is 5.73 Å². The molecule has 0 heterocycles. The molecule has 98 valence electrons. The minimum absolute atomic E-state index is 0. The second-order valence-corrected chi connectivity index (χ2v) is 6.21. The highest BCUT2D eigenvalue weighted by molar-refractivity contribution is 9.11. The van der Waals surface area contributed by atoms with Crippen molar-refractivity contribution in [3.05, 3.63) is 26.6 Å². The molecule has 0 aliphatic rings. The van der Waals surface area contributed by atoms with Gasteiger partial charge in [-0.2, -0.15) is 0 Å². The van der Waals surface area contributed by atoms with Gasteiger partial charge in [-0.3, -0.25) is 0 Å². The van der Waals surface area contributed by atoms with E-state index in [2.05, 4.69) is 31.9 Å². The van der Waals surface area contributed by atoms with Gasteiger partial charge >= 0.3 is 0 Å². The summed E-state index contributed by atoms with van der Waals surface area (Å²) in [6.45, 7) is 3.66. The zero-order valence-electron chi connectivity index (χ0n) is 9.58. The average Bonchev–Trinajstić information content (AvgIpc) is 2.15. The third-order valence-electron chi connectivity index (χ3n) is 2.63. The molecule has 0 saturated heterocycles. The zero-order valence-corrected chi connectivity index (χ0v) is 13.6. The highest BCUT2D eigenvalue weighted by Crippen LogP contribution is 2.40. The lowest BCUT2D eigenvalue weighted by atomic mass is 9.81. The summed E-state index contributed by atoms with van der Waals surface area (Å²) in [5.41, 5.74) is 6.19. The van der Waals surface area contributed by atoms with Crippen LogP contribution >= 0.6 is 44.3 Å². The normalized spacial score (nSPS) is 13.1. The Morgan fingerprint density at radius 2 is 1.88 bits per heavy atom. The van der Waals surface area contributed by atoms with E-state index in [1.54, 1.807) is 6.07 Å². The minimum atomic E-state index is -0.492. The summed E-state index contributed by atoms with van der Waals surface area (Å²) in [6.07, 6.45) is 0. The molecular weight excluding hydrogens is 373 g/mol. The Morgan fingerprint density at radius 1 is 1.35 bits per heavy atom. The molecule has 1 rings (SSSR count). The number of phenols is 1. The summed E-state index contributed by atoms with van der Waals surface area (Å²) in [7, 11) is 0. The van der Waals surface area contributed by atoms with Crippen molar-refractivity contribution in [2.45, 2.75) is 19.9 Å². The van der Waals surface area contributed by atoms with Gasteiger partial charge in [-0.15, -0.1) is 12.4 Å². The van der Waals surface area contributed by atoms with E-state index in [1.807, 2.05) is 19.9 Å². The number of halogens is 3. The van der Waals surface area contributed by atoms with E-state index < -0.39 is 11.5 Å². The molecule has 6 heteroatoms. The van der Waals surface area contributed by atoms with Gasteiger partial charge in [-0.05, 0) is 12.1 Å². The van der Waals surface area contributed by atoms with Crippen LogP contribution in [0.15, 0.2) is 21.1 Å². The Morgan fingerprint density at radius 3 is 2.29 bits per heavy atom. The van der Waals surface area contributed by atoms with Gasteiger partial charge in [0.1, 0.15) is 5.75 Å². The molecular formula is C11H16Br2ClNO2. The molecule has 17 heavy (non-hydrogen) atoms. The quantitative estimate of drug-likeness (QED) is 0.743. The van der Waals surface area contributed by atoms with Crippen LogP contribution in [0.5, 0.6) is 5.75 Å². The van der Waals surface area contributed by atoms with Gasteiger partial charge in [0.15, 0.2) is 0 Å². The second kappa shape index (κ2) is 6.38. The molecule has 0 aliphatic carbocycles. The number of benzene rings is 1. The molecule has 0 bridgehead atoms. The maximum Gasteiger partial charge on any atom is 0.122 e. The number of nitrogens with two attached hydrogens (primary N) is 1. The summed E-state index contributed by atoms with van der Waals surface area (Å²) in [6, 6.07) is 2.97. The fourth-order valence-electron chi connectivity index (χ4n) is 1.37. The summed E-state index contributed by atoms with van der Waals surface area (Å²) < 4.78 is 1.50. The van der Waals surface area contributed by atoms with Gasteiger partial charge in [0, 0.05) is 32.6 Å². The smallest absolute Gasteiger partial charge is 0.122 e. The van der Waals surface area contributed by atoms with Crippen LogP contribution in [0.3, 0.4) is 0 Å². The third kappa shape index (κ3) is 3.83. The largest absolute Gasteiger partial charge is 0.508 e. The lowest BCUT2D eigenvalue weighted by Crippen LogP contribution is -2.32. The molecule has 1 aromatic carbocycles. The van der Waals surface area contributed by atoms with Crippen LogP contribution in [-0.4, -0.2) is 16.8 Å². The Balaban J connectivity index is 0.00000256. The number of phenolic OH excluding ortho intramolecular Hbond substituents is 1. The SMILES string of the molecule is CC(C)(CO)[C@@H](N)c1c(O)cc(Br)cc1Br.Cl. The monoisotopic (exact) mass is 387 g/mol. The van der Waals surface area contributed by atoms with Gasteiger partial charge in [-0.25, -0.2) is 0 Å². The number of aliphatic hydroxyl groups is 1. The Hall–Kier alpha value is 0.190. The van der Waals surface area contributed by atoms with E-state index in [-0.39, 0.29) is 24.8 Å². The van der Waals surface area contributed by atoms with Crippen molar-refractivity contribution in [1.82, 2.24) is 0 Å². The average molecular weight is 390 g/mol. The van der Waals surface area contributed by atoms with Crippen LogP contribution in [0.2, 0.25) is 0 Å². The molecule has 1 aromatic rings. The van der Waals surface area contributed by atoms with Crippen molar-refractivity contribution in [2.75, 3.05) is 6.61 Å². The van der Waals surface area contributed by atoms with E-state index in [9.17, 15) is 10.2 Å². The molecule has 1 atom stereocenters. The predicted octanol–water partition coefficient (Wildman–Crippen LogP) is 3.36. The molecule has 0 unspecified atom stereocenters. The standard InChI is InChI=1S/C11H15Br2NO2.ClH/c1-11(2,5-15)10(14)9-7(13)3-6(12)4-8(9)16;/h3-4,10,15-16H,5,14H2,1-2H3;1H/t10-;/m0./s1. The van der Waals surface area contributed by atoms with Gasteiger partial charge < -0.3 is 15.9 Å². The van der Waals surface area contributed by atoms with E-state index in [0.717, 1.165) is 8.95 Å². The fourth-order valence-corrected chi connectivity index (χ4v) is 2.82. The van der Waals surface area contributed by atoms with Crippen LogP contribution in [0, 0.1) is 5.41 Å². The summed E-state index contributed by atoms with van der Waals surface area (Å²) in [4.78, 5) is 0. The maximum absolute atomic E-state index is 9.88. The number of hydrogen-bond acceptors (Lipinski definition) is 3. The van der Waals surface area contributed by atoms with Crippen molar-refractivity contribution in [3.8, 4) is 5.75 Å². The Bertz CT molecular complexity index is 376. The third-order valence-corrected chi connectivity index (χ3v) is 3.75. The van der Waals surface area contributed by atoms with Crippen LogP contribution in [-0.2, 0) is 0 Å². The summed E-state index contributed by atoms with van der Waals surface area (Å²) >= 11 is 6.65. The topological polar surface area (TPSA) is 66.5 Å². The lowest BCUT2D eigenvalue weighted by Gasteiger charge is -2.30. The molecule has 0 fully saturated rings. The van der Waals surface area contributed by atoms with Gasteiger partial charge in [0.25, 0.3) is 0 Å². The molecule has 0 saturated carbocycles. The first kappa shape index (κ1) is 17.2. The van der Waals surface area contributed by atoms with Crippen molar-refractivity contribution in [2.24, 2.45) is 11.1 Å². The highest BCUT2D eigenvalue weighted by Gasteiger charge is 2.30. The number of aliphatic hydroxyl groups excluding tert-OH is 1. The van der Waals surface area contributed by atoms with E-state index >= 15 is 0 Å². The maximum atomic E-state index is 9.88. The molecule has 3 nitrogen and oxygen atoms in total. The number of rotatable bonds is 3. The Labute approximate surface area is 124 Å².